The zero-order valence-corrected chi connectivity index (χ0v) is 12.6. The van der Waals surface area contributed by atoms with Gasteiger partial charge in [-0.3, -0.25) is 4.79 Å². The Morgan fingerprint density at radius 1 is 1.50 bits per heavy atom. The molecule has 6 heteroatoms. The van der Waals surface area contributed by atoms with Crippen molar-refractivity contribution in [3.63, 3.8) is 0 Å². The number of nitrogens with zero attached hydrogens (tertiary/aromatic N) is 2. The predicted octanol–water partition coefficient (Wildman–Crippen LogP) is 1.17. The van der Waals surface area contributed by atoms with Crippen LogP contribution in [0, 0.1) is 6.92 Å². The first-order valence-corrected chi connectivity index (χ1v) is 7.43. The maximum absolute atomic E-state index is 12.3. The number of amides is 1. The Hall–Kier alpha value is -2.18. The Kier molecular flexibility index (Phi) is 4.50. The number of nitrogens with one attached hydrogen (secondary N) is 2. The summed E-state index contributed by atoms with van der Waals surface area (Å²) in [5, 5.41) is 6.14. The minimum atomic E-state index is -0.434. The third-order valence-corrected chi connectivity index (χ3v) is 3.76. The van der Waals surface area contributed by atoms with Crippen molar-refractivity contribution in [3.8, 4) is 0 Å². The van der Waals surface area contributed by atoms with E-state index in [1.165, 1.54) is 0 Å². The Morgan fingerprint density at radius 3 is 3.09 bits per heavy atom. The van der Waals surface area contributed by atoms with Crippen molar-refractivity contribution in [1.29, 1.82) is 0 Å². The van der Waals surface area contributed by atoms with E-state index >= 15 is 0 Å². The summed E-state index contributed by atoms with van der Waals surface area (Å²) >= 11 is 0. The molecule has 1 aromatic heterocycles. The van der Waals surface area contributed by atoms with Crippen LogP contribution < -0.4 is 10.6 Å². The van der Waals surface area contributed by atoms with Crippen molar-refractivity contribution >= 4 is 11.6 Å². The molecular weight excluding hydrogens is 280 g/mol. The molecule has 1 amide bonds. The summed E-state index contributed by atoms with van der Waals surface area (Å²) in [5.41, 5.74) is 1.86. The summed E-state index contributed by atoms with van der Waals surface area (Å²) in [5.74, 6) is 0.836. The molecule has 0 unspecified atom stereocenters. The number of imidazole rings is 1. The molecule has 0 bridgehead atoms. The Labute approximate surface area is 129 Å². The number of hydrogen-bond donors (Lipinski definition) is 2. The van der Waals surface area contributed by atoms with Crippen LogP contribution in [0.4, 0.5) is 5.69 Å². The van der Waals surface area contributed by atoms with Crippen LogP contribution in [0.25, 0.3) is 0 Å². The van der Waals surface area contributed by atoms with E-state index in [2.05, 4.69) is 15.6 Å². The molecule has 1 aromatic carbocycles. The third-order valence-electron chi connectivity index (χ3n) is 3.76. The molecule has 0 aliphatic carbocycles. The van der Waals surface area contributed by atoms with E-state index in [-0.39, 0.29) is 5.91 Å². The molecule has 3 rings (SSSR count). The topological polar surface area (TPSA) is 68.2 Å². The molecule has 1 saturated heterocycles. The van der Waals surface area contributed by atoms with Gasteiger partial charge >= 0.3 is 0 Å². The molecule has 0 radical (unpaired) electrons. The second kappa shape index (κ2) is 6.72. The molecule has 0 saturated carbocycles. The molecule has 2 heterocycles. The fraction of sp³-hybridized carbons (Fsp3) is 0.375. The number of para-hydroxylation sites is 1. The van der Waals surface area contributed by atoms with Gasteiger partial charge in [0.05, 0.1) is 13.2 Å². The molecule has 1 fully saturated rings. The van der Waals surface area contributed by atoms with E-state index in [1.54, 1.807) is 6.20 Å². The highest BCUT2D eigenvalue weighted by Gasteiger charge is 2.22. The third kappa shape index (κ3) is 3.35. The lowest BCUT2D eigenvalue weighted by Gasteiger charge is -2.23. The molecule has 1 aliphatic rings. The van der Waals surface area contributed by atoms with Crippen molar-refractivity contribution in [3.05, 3.63) is 48.0 Å². The SMILES string of the molecule is Cc1nccn1Cc1ccccc1NC(=O)[C@@H]1CNCCO1. The van der Waals surface area contributed by atoms with E-state index in [0.717, 1.165) is 23.6 Å². The average molecular weight is 300 g/mol. The van der Waals surface area contributed by atoms with Crippen LogP contribution >= 0.6 is 0 Å². The number of rotatable bonds is 4. The average Bonchev–Trinajstić information content (AvgIpc) is 2.95. The number of anilines is 1. The van der Waals surface area contributed by atoms with Gasteiger partial charge in [0.25, 0.3) is 5.91 Å². The van der Waals surface area contributed by atoms with Crippen LogP contribution in [-0.2, 0) is 16.1 Å². The maximum Gasteiger partial charge on any atom is 0.254 e. The monoisotopic (exact) mass is 300 g/mol. The second-order valence-electron chi connectivity index (χ2n) is 5.31. The second-order valence-corrected chi connectivity index (χ2v) is 5.31. The van der Waals surface area contributed by atoms with E-state index in [4.69, 9.17) is 4.74 Å². The quantitative estimate of drug-likeness (QED) is 0.889. The highest BCUT2D eigenvalue weighted by Crippen LogP contribution is 2.18. The van der Waals surface area contributed by atoms with E-state index < -0.39 is 6.10 Å². The van der Waals surface area contributed by atoms with Gasteiger partial charge in [-0.2, -0.15) is 0 Å². The highest BCUT2D eigenvalue weighted by atomic mass is 16.5. The van der Waals surface area contributed by atoms with Gasteiger partial charge < -0.3 is 19.9 Å². The van der Waals surface area contributed by atoms with Crippen LogP contribution in [0.2, 0.25) is 0 Å². The van der Waals surface area contributed by atoms with Crippen LogP contribution in [0.1, 0.15) is 11.4 Å². The van der Waals surface area contributed by atoms with Gasteiger partial charge in [0, 0.05) is 31.2 Å². The summed E-state index contributed by atoms with van der Waals surface area (Å²) in [6, 6.07) is 7.81. The standard InChI is InChI=1S/C16H20N4O2/c1-12-18-6-8-20(12)11-13-4-2-3-5-14(13)19-16(21)15-10-17-7-9-22-15/h2-6,8,15,17H,7,9-11H2,1H3,(H,19,21)/t15-/m0/s1. The lowest BCUT2D eigenvalue weighted by atomic mass is 10.1. The zero-order chi connectivity index (χ0) is 15.4. The van der Waals surface area contributed by atoms with Crippen molar-refractivity contribution < 1.29 is 9.53 Å². The number of ether oxygens (including phenoxy) is 1. The minimum absolute atomic E-state index is 0.109. The van der Waals surface area contributed by atoms with Gasteiger partial charge in [0.2, 0.25) is 0 Å². The van der Waals surface area contributed by atoms with E-state index in [0.29, 0.717) is 19.7 Å². The molecule has 2 aromatic rings. The fourth-order valence-electron chi connectivity index (χ4n) is 2.48. The first kappa shape index (κ1) is 14.7. The van der Waals surface area contributed by atoms with Gasteiger partial charge in [0.1, 0.15) is 11.9 Å². The van der Waals surface area contributed by atoms with Crippen molar-refractivity contribution in [2.75, 3.05) is 25.0 Å². The first-order chi connectivity index (χ1) is 10.7. The van der Waals surface area contributed by atoms with E-state index in [1.807, 2.05) is 42.0 Å². The van der Waals surface area contributed by atoms with Crippen LogP contribution in [0.5, 0.6) is 0 Å². The van der Waals surface area contributed by atoms with Crippen molar-refractivity contribution in [2.45, 2.75) is 19.6 Å². The fourth-order valence-corrected chi connectivity index (χ4v) is 2.48. The molecular formula is C16H20N4O2. The van der Waals surface area contributed by atoms with Gasteiger partial charge in [-0.1, -0.05) is 18.2 Å². The van der Waals surface area contributed by atoms with Crippen molar-refractivity contribution in [1.82, 2.24) is 14.9 Å². The summed E-state index contributed by atoms with van der Waals surface area (Å²) in [7, 11) is 0. The lowest BCUT2D eigenvalue weighted by Crippen LogP contribution is -2.45. The lowest BCUT2D eigenvalue weighted by molar-refractivity contribution is -0.128. The number of carbonyl (C=O) groups excluding carboxylic acids is 1. The first-order valence-electron chi connectivity index (χ1n) is 7.43. The highest BCUT2D eigenvalue weighted by molar-refractivity contribution is 5.95. The Bertz CT molecular complexity index is 647. The zero-order valence-electron chi connectivity index (χ0n) is 12.6. The Morgan fingerprint density at radius 2 is 2.36 bits per heavy atom. The number of hydrogen-bond acceptors (Lipinski definition) is 4. The summed E-state index contributed by atoms with van der Waals surface area (Å²) in [4.78, 5) is 16.5. The molecule has 0 spiro atoms. The van der Waals surface area contributed by atoms with Gasteiger partial charge in [-0.25, -0.2) is 4.98 Å². The molecule has 1 atom stereocenters. The van der Waals surface area contributed by atoms with Crippen LogP contribution in [0.3, 0.4) is 0 Å². The number of carbonyl (C=O) groups is 1. The summed E-state index contributed by atoms with van der Waals surface area (Å²) in [6.07, 6.45) is 3.27. The van der Waals surface area contributed by atoms with Gasteiger partial charge in [-0.15, -0.1) is 0 Å². The minimum Gasteiger partial charge on any atom is -0.366 e. The van der Waals surface area contributed by atoms with E-state index in [9.17, 15) is 4.79 Å². The predicted molar refractivity (Wildman–Crippen MR) is 83.7 cm³/mol. The summed E-state index contributed by atoms with van der Waals surface area (Å²) in [6.45, 7) is 4.54. The largest absolute Gasteiger partial charge is 0.366 e. The van der Waals surface area contributed by atoms with Gasteiger partial charge in [0.15, 0.2) is 0 Å². The van der Waals surface area contributed by atoms with Crippen LogP contribution in [0.15, 0.2) is 36.7 Å². The number of aromatic nitrogens is 2. The van der Waals surface area contributed by atoms with Crippen molar-refractivity contribution in [2.24, 2.45) is 0 Å². The van der Waals surface area contributed by atoms with Crippen LogP contribution in [-0.4, -0.2) is 41.3 Å². The normalized spacial score (nSPS) is 18.1. The molecule has 1 aliphatic heterocycles. The maximum atomic E-state index is 12.3. The Balaban J connectivity index is 1.73. The molecule has 6 nitrogen and oxygen atoms in total. The summed E-state index contributed by atoms with van der Waals surface area (Å²) < 4.78 is 7.53. The number of aryl methyl sites for hydroxylation is 1. The molecule has 22 heavy (non-hydrogen) atoms. The molecule has 2 N–H and O–H groups in total. The van der Waals surface area contributed by atoms with Gasteiger partial charge in [-0.05, 0) is 18.6 Å². The number of morpholine rings is 1. The molecule has 116 valence electrons. The number of benzene rings is 1. The smallest absolute Gasteiger partial charge is 0.254 e.